The third-order valence-corrected chi connectivity index (χ3v) is 3.06. The van der Waals surface area contributed by atoms with E-state index in [-0.39, 0.29) is 5.41 Å². The van der Waals surface area contributed by atoms with Crippen molar-refractivity contribution in [2.75, 3.05) is 6.54 Å². The summed E-state index contributed by atoms with van der Waals surface area (Å²) in [6.45, 7) is 10.0. The summed E-state index contributed by atoms with van der Waals surface area (Å²) in [6, 6.07) is 7.99. The number of aromatic hydroxyl groups is 1. The molecule has 0 heterocycles. The summed E-state index contributed by atoms with van der Waals surface area (Å²) >= 11 is 0. The van der Waals surface area contributed by atoms with Crippen molar-refractivity contribution < 1.29 is 5.11 Å². The van der Waals surface area contributed by atoms with Crippen LogP contribution >= 0.6 is 0 Å². The van der Waals surface area contributed by atoms with Crippen LogP contribution in [0.1, 0.15) is 39.7 Å². The van der Waals surface area contributed by atoms with E-state index in [0.717, 1.165) is 19.4 Å². The zero-order valence-electron chi connectivity index (χ0n) is 11.5. The molecule has 0 radical (unpaired) electrons. The van der Waals surface area contributed by atoms with Gasteiger partial charge in [-0.2, -0.15) is 0 Å². The largest absolute Gasteiger partial charge is 0.508 e. The number of rotatable bonds is 5. The van der Waals surface area contributed by atoms with Crippen molar-refractivity contribution in [3.8, 4) is 5.75 Å². The highest BCUT2D eigenvalue weighted by atomic mass is 16.3. The van der Waals surface area contributed by atoms with Gasteiger partial charge in [0, 0.05) is 6.04 Å². The number of nitrogens with one attached hydrogen (secondary N) is 1. The summed E-state index contributed by atoms with van der Waals surface area (Å²) < 4.78 is 0. The molecule has 1 unspecified atom stereocenters. The van der Waals surface area contributed by atoms with Gasteiger partial charge >= 0.3 is 0 Å². The number of phenols is 1. The topological polar surface area (TPSA) is 32.3 Å². The fraction of sp³-hybridized carbons (Fsp3) is 0.600. The highest BCUT2D eigenvalue weighted by Crippen LogP contribution is 2.23. The number of hydrogen-bond donors (Lipinski definition) is 2. The molecule has 1 aromatic carbocycles. The predicted molar refractivity (Wildman–Crippen MR) is 73.3 cm³/mol. The van der Waals surface area contributed by atoms with Gasteiger partial charge in [-0.3, -0.25) is 0 Å². The van der Waals surface area contributed by atoms with Gasteiger partial charge in [-0.15, -0.1) is 0 Å². The van der Waals surface area contributed by atoms with E-state index in [9.17, 15) is 5.11 Å². The summed E-state index contributed by atoms with van der Waals surface area (Å²) in [7, 11) is 0. The molecule has 2 N–H and O–H groups in total. The van der Waals surface area contributed by atoms with Crippen molar-refractivity contribution >= 4 is 0 Å². The van der Waals surface area contributed by atoms with Gasteiger partial charge < -0.3 is 10.4 Å². The van der Waals surface area contributed by atoms with Crippen LogP contribution < -0.4 is 5.32 Å². The Labute approximate surface area is 105 Å². The summed E-state index contributed by atoms with van der Waals surface area (Å²) in [5.74, 6) is 0.336. The molecule has 0 aliphatic rings. The van der Waals surface area contributed by atoms with Gasteiger partial charge in [0.2, 0.25) is 0 Å². The van der Waals surface area contributed by atoms with Gasteiger partial charge in [-0.05, 0) is 42.5 Å². The average molecular weight is 235 g/mol. The SMILES string of the molecule is CCCNC(Cc1ccc(O)cc1)C(C)(C)C. The molecule has 0 bridgehead atoms. The zero-order valence-corrected chi connectivity index (χ0v) is 11.5. The predicted octanol–water partition coefficient (Wildman–Crippen LogP) is 3.35. The lowest BCUT2D eigenvalue weighted by atomic mass is 9.83. The third-order valence-electron chi connectivity index (χ3n) is 3.06. The van der Waals surface area contributed by atoms with Crippen LogP contribution in [0.4, 0.5) is 0 Å². The summed E-state index contributed by atoms with van der Waals surface area (Å²) in [5.41, 5.74) is 1.51. The molecule has 0 fully saturated rings. The van der Waals surface area contributed by atoms with Crippen LogP contribution in [0, 0.1) is 5.41 Å². The first-order chi connectivity index (χ1) is 7.93. The molecule has 2 nitrogen and oxygen atoms in total. The quantitative estimate of drug-likeness (QED) is 0.820. The highest BCUT2D eigenvalue weighted by molar-refractivity contribution is 5.26. The fourth-order valence-corrected chi connectivity index (χ4v) is 1.87. The summed E-state index contributed by atoms with van der Waals surface area (Å²) in [4.78, 5) is 0. The molecular formula is C15H25NO. The normalized spacial score (nSPS) is 13.6. The summed E-state index contributed by atoms with van der Waals surface area (Å²) in [6.07, 6.45) is 2.16. The molecule has 0 saturated heterocycles. The Morgan fingerprint density at radius 3 is 2.24 bits per heavy atom. The van der Waals surface area contributed by atoms with Gasteiger partial charge in [0.25, 0.3) is 0 Å². The lowest BCUT2D eigenvalue weighted by Gasteiger charge is -2.32. The van der Waals surface area contributed by atoms with Crippen molar-refractivity contribution in [1.29, 1.82) is 0 Å². The van der Waals surface area contributed by atoms with E-state index >= 15 is 0 Å². The molecular weight excluding hydrogens is 210 g/mol. The molecule has 96 valence electrons. The second-order valence-electron chi connectivity index (χ2n) is 5.74. The molecule has 0 aliphatic heterocycles. The lowest BCUT2D eigenvalue weighted by molar-refractivity contribution is 0.267. The van der Waals surface area contributed by atoms with E-state index in [0.29, 0.717) is 11.8 Å². The molecule has 0 saturated carbocycles. The molecule has 17 heavy (non-hydrogen) atoms. The van der Waals surface area contributed by atoms with E-state index in [4.69, 9.17) is 0 Å². The van der Waals surface area contributed by atoms with Crippen LogP contribution in [0.3, 0.4) is 0 Å². The minimum absolute atomic E-state index is 0.243. The first kappa shape index (κ1) is 14.0. The Hall–Kier alpha value is -1.02. The van der Waals surface area contributed by atoms with E-state index < -0.39 is 0 Å². The van der Waals surface area contributed by atoms with Crippen LogP contribution in [0.25, 0.3) is 0 Å². The van der Waals surface area contributed by atoms with E-state index in [1.807, 2.05) is 12.1 Å². The monoisotopic (exact) mass is 235 g/mol. The van der Waals surface area contributed by atoms with Crippen molar-refractivity contribution in [3.05, 3.63) is 29.8 Å². The van der Waals surface area contributed by atoms with Crippen molar-refractivity contribution in [3.63, 3.8) is 0 Å². The molecule has 1 aromatic rings. The van der Waals surface area contributed by atoms with Gasteiger partial charge in [0.15, 0.2) is 0 Å². The Morgan fingerprint density at radius 2 is 1.76 bits per heavy atom. The maximum absolute atomic E-state index is 9.28. The van der Waals surface area contributed by atoms with Gasteiger partial charge in [0.05, 0.1) is 0 Å². The molecule has 0 aliphatic carbocycles. The highest BCUT2D eigenvalue weighted by Gasteiger charge is 2.23. The van der Waals surface area contributed by atoms with Gasteiger partial charge in [0.1, 0.15) is 5.75 Å². The smallest absolute Gasteiger partial charge is 0.115 e. The molecule has 0 aromatic heterocycles. The summed E-state index contributed by atoms with van der Waals surface area (Å²) in [5, 5.41) is 12.9. The van der Waals surface area contributed by atoms with Gasteiger partial charge in [-0.1, -0.05) is 39.8 Å². The van der Waals surface area contributed by atoms with Crippen LogP contribution in [0.2, 0.25) is 0 Å². The maximum Gasteiger partial charge on any atom is 0.115 e. The third kappa shape index (κ3) is 4.78. The van der Waals surface area contributed by atoms with Crippen LogP contribution in [0.15, 0.2) is 24.3 Å². The first-order valence-electron chi connectivity index (χ1n) is 6.44. The van der Waals surface area contributed by atoms with Crippen LogP contribution in [-0.2, 0) is 6.42 Å². The van der Waals surface area contributed by atoms with Crippen molar-refractivity contribution in [2.24, 2.45) is 5.41 Å². The van der Waals surface area contributed by atoms with Crippen LogP contribution in [-0.4, -0.2) is 17.7 Å². The van der Waals surface area contributed by atoms with E-state index in [2.05, 4.69) is 33.0 Å². The Bertz CT molecular complexity index is 324. The minimum atomic E-state index is 0.243. The van der Waals surface area contributed by atoms with Crippen molar-refractivity contribution in [2.45, 2.75) is 46.6 Å². The standard InChI is InChI=1S/C15H25NO/c1-5-10-16-14(15(2,3)4)11-12-6-8-13(17)9-7-12/h6-9,14,16-17H,5,10-11H2,1-4H3. The second kappa shape index (κ2) is 6.06. The number of phenolic OH excluding ortho intramolecular Hbond substituents is 1. The lowest BCUT2D eigenvalue weighted by Crippen LogP contribution is -2.42. The molecule has 1 rings (SSSR count). The molecule has 2 heteroatoms. The van der Waals surface area contributed by atoms with Crippen LogP contribution in [0.5, 0.6) is 5.75 Å². The maximum atomic E-state index is 9.28. The zero-order chi connectivity index (χ0) is 12.9. The Morgan fingerprint density at radius 1 is 1.18 bits per heavy atom. The fourth-order valence-electron chi connectivity index (χ4n) is 1.87. The molecule has 0 spiro atoms. The number of benzene rings is 1. The molecule has 0 amide bonds. The van der Waals surface area contributed by atoms with E-state index in [1.165, 1.54) is 5.56 Å². The first-order valence-corrected chi connectivity index (χ1v) is 6.44. The average Bonchev–Trinajstić information content (AvgIpc) is 2.25. The number of hydrogen-bond acceptors (Lipinski definition) is 2. The van der Waals surface area contributed by atoms with E-state index in [1.54, 1.807) is 12.1 Å². The second-order valence-corrected chi connectivity index (χ2v) is 5.74. The molecule has 1 atom stereocenters. The minimum Gasteiger partial charge on any atom is -0.508 e. The van der Waals surface area contributed by atoms with Crippen molar-refractivity contribution in [1.82, 2.24) is 5.32 Å². The van der Waals surface area contributed by atoms with Gasteiger partial charge in [-0.25, -0.2) is 0 Å². The Balaban J connectivity index is 2.68. The Kier molecular flexibility index (Phi) is 5.01.